The molecular weight excluding hydrogens is 401 g/mol. The normalized spacial score (nSPS) is 12.1. The fourth-order valence-corrected chi connectivity index (χ4v) is 3.33. The highest BCUT2D eigenvalue weighted by molar-refractivity contribution is 5.99. The Labute approximate surface area is 178 Å². The first-order chi connectivity index (χ1) is 14.6. The fourth-order valence-electron chi connectivity index (χ4n) is 3.33. The van der Waals surface area contributed by atoms with Gasteiger partial charge in [0.2, 0.25) is 0 Å². The number of phenols is 1. The summed E-state index contributed by atoms with van der Waals surface area (Å²) in [5, 5.41) is 16.3. The van der Waals surface area contributed by atoms with Crippen LogP contribution in [0.4, 0.5) is 21.5 Å². The summed E-state index contributed by atoms with van der Waals surface area (Å²) in [7, 11) is 3.11. The summed E-state index contributed by atoms with van der Waals surface area (Å²) in [5.74, 6) is -1.16. The van der Waals surface area contributed by atoms with Gasteiger partial charge in [0.25, 0.3) is 16.8 Å². The van der Waals surface area contributed by atoms with Gasteiger partial charge in [0.15, 0.2) is 5.75 Å². The number of carbonyl (C=O) groups is 1. The Balaban J connectivity index is 1.94. The van der Waals surface area contributed by atoms with Crippen LogP contribution in [0.5, 0.6) is 5.75 Å². The van der Waals surface area contributed by atoms with Crippen molar-refractivity contribution in [3.05, 3.63) is 79.9 Å². The molecule has 0 spiro atoms. The van der Waals surface area contributed by atoms with E-state index < -0.39 is 28.6 Å². The van der Waals surface area contributed by atoms with Crippen LogP contribution >= 0.6 is 0 Å². The number of phenolic OH excluding ortho intramolecular Hbond substituents is 1. The maximum absolute atomic E-state index is 13.7. The minimum atomic E-state index is -0.743. The SMILES string of the molecule is CC(C)[C@@H](Nc1c(Nc2cccc(C(=O)N(C)C)c2O)c(=O)c1=O)c1cccc(F)c1. The number of para-hydroxylation sites is 1. The van der Waals surface area contributed by atoms with E-state index >= 15 is 0 Å². The lowest BCUT2D eigenvalue weighted by Crippen LogP contribution is -2.38. The average molecular weight is 425 g/mol. The second-order valence-electron chi connectivity index (χ2n) is 7.86. The van der Waals surface area contributed by atoms with E-state index in [1.807, 2.05) is 13.8 Å². The van der Waals surface area contributed by atoms with Crippen molar-refractivity contribution in [2.45, 2.75) is 19.9 Å². The third kappa shape index (κ3) is 4.28. The Morgan fingerprint density at radius 1 is 1.03 bits per heavy atom. The van der Waals surface area contributed by atoms with Gasteiger partial charge in [-0.1, -0.05) is 32.0 Å². The van der Waals surface area contributed by atoms with Gasteiger partial charge in [0.1, 0.15) is 17.2 Å². The summed E-state index contributed by atoms with van der Waals surface area (Å²) in [5.41, 5.74) is -0.598. The number of amides is 1. The molecule has 1 amide bonds. The zero-order chi connectivity index (χ0) is 22.9. The molecule has 0 bridgehead atoms. The topological polar surface area (TPSA) is 98.7 Å². The number of carbonyl (C=O) groups excluding carboxylic acids is 1. The molecule has 7 nitrogen and oxygen atoms in total. The Morgan fingerprint density at radius 2 is 1.68 bits per heavy atom. The third-order valence-electron chi connectivity index (χ3n) is 5.02. The van der Waals surface area contributed by atoms with E-state index in [1.54, 1.807) is 32.3 Å². The van der Waals surface area contributed by atoms with Gasteiger partial charge in [-0.2, -0.15) is 0 Å². The van der Waals surface area contributed by atoms with Gasteiger partial charge in [0, 0.05) is 14.1 Å². The van der Waals surface area contributed by atoms with E-state index in [4.69, 9.17) is 0 Å². The molecule has 0 fully saturated rings. The van der Waals surface area contributed by atoms with E-state index in [-0.39, 0.29) is 34.3 Å². The van der Waals surface area contributed by atoms with Crippen LogP contribution in [0.3, 0.4) is 0 Å². The summed E-state index contributed by atoms with van der Waals surface area (Å²) < 4.78 is 13.7. The van der Waals surface area contributed by atoms with E-state index in [1.165, 1.54) is 29.2 Å². The highest BCUT2D eigenvalue weighted by Crippen LogP contribution is 2.34. The molecule has 0 heterocycles. The Bertz CT molecular complexity index is 1200. The summed E-state index contributed by atoms with van der Waals surface area (Å²) >= 11 is 0. The largest absolute Gasteiger partial charge is 0.505 e. The Kier molecular flexibility index (Phi) is 6.10. The monoisotopic (exact) mass is 425 g/mol. The summed E-state index contributed by atoms with van der Waals surface area (Å²) in [6.07, 6.45) is 0. The number of rotatable bonds is 7. The lowest BCUT2D eigenvalue weighted by atomic mass is 9.95. The molecule has 3 aromatic rings. The highest BCUT2D eigenvalue weighted by atomic mass is 19.1. The van der Waals surface area contributed by atoms with Gasteiger partial charge in [-0.05, 0) is 35.7 Å². The quantitative estimate of drug-likeness (QED) is 0.397. The molecule has 3 aromatic carbocycles. The molecule has 0 aliphatic rings. The number of nitrogens with one attached hydrogen (secondary N) is 2. The summed E-state index contributed by atoms with van der Waals surface area (Å²) in [4.78, 5) is 38.0. The molecule has 31 heavy (non-hydrogen) atoms. The second kappa shape index (κ2) is 8.59. The number of halogens is 1. The highest BCUT2D eigenvalue weighted by Gasteiger charge is 2.27. The molecule has 1 atom stereocenters. The van der Waals surface area contributed by atoms with E-state index in [2.05, 4.69) is 10.6 Å². The standard InChI is InChI=1S/C23H24FN3O4/c1-12(2)17(13-7-5-8-14(24)11-13)26-19-18(21(29)22(19)30)25-16-10-6-9-15(20(16)28)23(31)27(3)4/h5-12,17,25-26,28H,1-4H3/t17-/m1/s1. The maximum atomic E-state index is 13.7. The number of nitrogens with zero attached hydrogens (tertiary/aromatic N) is 1. The number of aromatic hydroxyl groups is 1. The van der Waals surface area contributed by atoms with E-state index in [0.717, 1.165) is 0 Å². The van der Waals surface area contributed by atoms with Crippen molar-refractivity contribution in [2.24, 2.45) is 5.92 Å². The summed E-state index contributed by atoms with van der Waals surface area (Å²) in [6.45, 7) is 3.81. The van der Waals surface area contributed by atoms with Crippen molar-refractivity contribution in [3.63, 3.8) is 0 Å². The molecule has 3 N–H and O–H groups in total. The molecule has 0 aliphatic carbocycles. The van der Waals surface area contributed by atoms with Gasteiger partial charge in [-0.15, -0.1) is 0 Å². The van der Waals surface area contributed by atoms with Crippen LogP contribution < -0.4 is 21.5 Å². The van der Waals surface area contributed by atoms with Gasteiger partial charge in [-0.3, -0.25) is 14.4 Å². The first-order valence-corrected chi connectivity index (χ1v) is 9.77. The third-order valence-corrected chi connectivity index (χ3v) is 5.02. The zero-order valence-electron chi connectivity index (χ0n) is 17.7. The maximum Gasteiger partial charge on any atom is 0.257 e. The van der Waals surface area contributed by atoms with Crippen LogP contribution in [0.1, 0.15) is 35.8 Å². The molecule has 0 unspecified atom stereocenters. The van der Waals surface area contributed by atoms with Gasteiger partial charge in [-0.25, -0.2) is 4.39 Å². The predicted molar refractivity (Wildman–Crippen MR) is 118 cm³/mol. The van der Waals surface area contributed by atoms with Crippen molar-refractivity contribution in [1.82, 2.24) is 4.90 Å². The van der Waals surface area contributed by atoms with Crippen LogP contribution in [0.15, 0.2) is 52.1 Å². The molecule has 162 valence electrons. The Hall–Kier alpha value is -3.68. The molecule has 0 saturated carbocycles. The fraction of sp³-hybridized carbons (Fsp3) is 0.261. The van der Waals surface area contributed by atoms with Crippen LogP contribution in [0.25, 0.3) is 0 Å². The number of hydrogen-bond acceptors (Lipinski definition) is 6. The predicted octanol–water partition coefficient (Wildman–Crippen LogP) is 3.38. The van der Waals surface area contributed by atoms with Crippen LogP contribution in [0, 0.1) is 11.7 Å². The smallest absolute Gasteiger partial charge is 0.257 e. The van der Waals surface area contributed by atoms with Crippen LogP contribution in [-0.2, 0) is 0 Å². The number of anilines is 3. The first kappa shape index (κ1) is 22.0. The van der Waals surface area contributed by atoms with Crippen molar-refractivity contribution in [3.8, 4) is 5.75 Å². The second-order valence-corrected chi connectivity index (χ2v) is 7.86. The molecular formula is C23H24FN3O4. The summed E-state index contributed by atoms with van der Waals surface area (Å²) in [6, 6.07) is 10.1. The first-order valence-electron chi connectivity index (χ1n) is 9.77. The van der Waals surface area contributed by atoms with Crippen LogP contribution in [0.2, 0.25) is 0 Å². The molecule has 0 aromatic heterocycles. The van der Waals surface area contributed by atoms with Gasteiger partial charge < -0.3 is 20.6 Å². The molecule has 0 aliphatic heterocycles. The zero-order valence-corrected chi connectivity index (χ0v) is 17.7. The van der Waals surface area contributed by atoms with Crippen molar-refractivity contribution < 1.29 is 14.3 Å². The molecule has 8 heteroatoms. The van der Waals surface area contributed by atoms with Crippen molar-refractivity contribution in [1.29, 1.82) is 0 Å². The minimum Gasteiger partial charge on any atom is -0.505 e. The van der Waals surface area contributed by atoms with Crippen LogP contribution in [-0.4, -0.2) is 30.0 Å². The van der Waals surface area contributed by atoms with Crippen molar-refractivity contribution in [2.75, 3.05) is 24.7 Å². The number of benzene rings is 2. The lowest BCUT2D eigenvalue weighted by Gasteiger charge is -2.26. The lowest BCUT2D eigenvalue weighted by molar-refractivity contribution is 0.0824. The van der Waals surface area contributed by atoms with Crippen molar-refractivity contribution >= 4 is 23.0 Å². The average Bonchev–Trinajstić information content (AvgIpc) is 2.73. The number of hydrogen-bond donors (Lipinski definition) is 3. The van der Waals surface area contributed by atoms with E-state index in [0.29, 0.717) is 5.56 Å². The molecule has 0 radical (unpaired) electrons. The van der Waals surface area contributed by atoms with E-state index in [9.17, 15) is 23.9 Å². The van der Waals surface area contributed by atoms with Gasteiger partial charge in [0.05, 0.1) is 17.3 Å². The molecule has 3 rings (SSSR count). The molecule has 0 saturated heterocycles. The van der Waals surface area contributed by atoms with Gasteiger partial charge >= 0.3 is 0 Å². The Morgan fingerprint density at radius 3 is 2.29 bits per heavy atom. The minimum absolute atomic E-state index is 0.0168.